The molecule has 2 rings (SSSR count). The van der Waals surface area contributed by atoms with Gasteiger partial charge in [-0.2, -0.15) is 0 Å². The fourth-order valence-electron chi connectivity index (χ4n) is 2.98. The van der Waals surface area contributed by atoms with Crippen LogP contribution in [0.3, 0.4) is 0 Å². The van der Waals surface area contributed by atoms with Gasteiger partial charge in [-0.25, -0.2) is 14.5 Å². The molecule has 2 aromatic carbocycles. The molecule has 0 saturated heterocycles. The number of hydrogen-bond donors (Lipinski definition) is 0. The van der Waals surface area contributed by atoms with Crippen molar-refractivity contribution in [2.45, 2.75) is 52.7 Å². The number of benzene rings is 2. The summed E-state index contributed by atoms with van der Waals surface area (Å²) in [6, 6.07) is 15.1. The van der Waals surface area contributed by atoms with Gasteiger partial charge in [-0.15, -0.1) is 0 Å². The highest BCUT2D eigenvalue weighted by atomic mass is 16.6. The van der Waals surface area contributed by atoms with E-state index in [-0.39, 0.29) is 6.54 Å². The number of nitrogens with zero attached hydrogens (tertiary/aromatic N) is 1. The number of carbonyl (C=O) groups excluding carboxylic acids is 2. The van der Waals surface area contributed by atoms with Gasteiger partial charge >= 0.3 is 12.2 Å². The fraction of sp³-hybridized carbons (Fsp3) is 0.407. The van der Waals surface area contributed by atoms with Crippen molar-refractivity contribution in [3.63, 3.8) is 0 Å². The molecule has 2 amide bonds. The van der Waals surface area contributed by atoms with Crippen LogP contribution in [0.5, 0.6) is 11.5 Å². The van der Waals surface area contributed by atoms with Gasteiger partial charge in [0, 0.05) is 0 Å². The molecule has 0 spiro atoms. The second kappa shape index (κ2) is 11.1. The van der Waals surface area contributed by atoms with Crippen LogP contribution >= 0.6 is 0 Å². The quantitative estimate of drug-likeness (QED) is 0.494. The number of hydrogen-bond acceptors (Lipinski definition) is 6. The van der Waals surface area contributed by atoms with E-state index in [4.69, 9.17) is 18.9 Å². The molecule has 2 aromatic rings. The lowest BCUT2D eigenvalue weighted by Crippen LogP contribution is -2.43. The number of amides is 2. The van der Waals surface area contributed by atoms with Gasteiger partial charge in [0.05, 0.1) is 20.8 Å². The number of imide groups is 1. The van der Waals surface area contributed by atoms with E-state index < -0.39 is 23.4 Å². The van der Waals surface area contributed by atoms with Crippen LogP contribution in [0.2, 0.25) is 0 Å². The predicted molar refractivity (Wildman–Crippen MR) is 132 cm³/mol. The van der Waals surface area contributed by atoms with E-state index in [0.29, 0.717) is 0 Å². The third kappa shape index (κ3) is 8.14. The highest BCUT2D eigenvalue weighted by Crippen LogP contribution is 2.27. The average Bonchev–Trinajstić information content (AvgIpc) is 2.74. The molecule has 0 unspecified atom stereocenters. The molecule has 0 saturated carbocycles. The molecular weight excluding hydrogens is 434 g/mol. The Morgan fingerprint density at radius 1 is 0.706 bits per heavy atom. The zero-order chi connectivity index (χ0) is 25.5. The Hall–Kier alpha value is -3.48. The van der Waals surface area contributed by atoms with Gasteiger partial charge in [0.2, 0.25) is 0 Å². The Bertz CT molecular complexity index is 918. The maximum atomic E-state index is 12.9. The molecule has 0 radical (unpaired) electrons. The summed E-state index contributed by atoms with van der Waals surface area (Å²) in [5, 5.41) is 0. The molecular formula is C27H35NO6. The highest BCUT2D eigenvalue weighted by Gasteiger charge is 2.30. The topological polar surface area (TPSA) is 74.3 Å². The molecule has 0 aliphatic carbocycles. The van der Waals surface area contributed by atoms with Crippen molar-refractivity contribution < 1.29 is 28.5 Å². The minimum atomic E-state index is -0.776. The lowest BCUT2D eigenvalue weighted by atomic mass is 9.97. The van der Waals surface area contributed by atoms with Gasteiger partial charge < -0.3 is 18.9 Å². The van der Waals surface area contributed by atoms with Crippen molar-refractivity contribution >= 4 is 17.8 Å². The lowest BCUT2D eigenvalue weighted by molar-refractivity contribution is 0.00376. The van der Waals surface area contributed by atoms with Crippen LogP contribution in [0, 0.1) is 0 Å². The number of methoxy groups -OCH3 is 2. The average molecular weight is 470 g/mol. The molecule has 184 valence electrons. The van der Waals surface area contributed by atoms with Crippen molar-refractivity contribution in [1.29, 1.82) is 0 Å². The van der Waals surface area contributed by atoms with Crippen molar-refractivity contribution in [3.05, 3.63) is 65.7 Å². The summed E-state index contributed by atoms with van der Waals surface area (Å²) in [6.45, 7) is 10.4. The Labute approximate surface area is 202 Å². The second-order valence-electron chi connectivity index (χ2n) is 9.65. The van der Waals surface area contributed by atoms with Gasteiger partial charge in [0.25, 0.3) is 0 Å². The van der Waals surface area contributed by atoms with E-state index in [1.165, 1.54) is 0 Å². The Morgan fingerprint density at radius 2 is 1.06 bits per heavy atom. The third-order valence-electron chi connectivity index (χ3n) is 4.51. The monoisotopic (exact) mass is 469 g/mol. The van der Waals surface area contributed by atoms with E-state index in [9.17, 15) is 9.59 Å². The first-order valence-corrected chi connectivity index (χ1v) is 11.1. The van der Waals surface area contributed by atoms with Crippen molar-refractivity contribution in [1.82, 2.24) is 4.90 Å². The van der Waals surface area contributed by atoms with E-state index in [1.54, 1.807) is 61.8 Å². The molecule has 0 aliphatic rings. The molecule has 0 bridgehead atoms. The largest absolute Gasteiger partial charge is 0.497 e. The molecule has 0 N–H and O–H groups in total. The highest BCUT2D eigenvalue weighted by molar-refractivity contribution is 5.89. The van der Waals surface area contributed by atoms with E-state index in [2.05, 4.69) is 0 Å². The maximum absolute atomic E-state index is 12.9. The molecule has 0 aliphatic heterocycles. The van der Waals surface area contributed by atoms with E-state index in [1.807, 2.05) is 48.5 Å². The summed E-state index contributed by atoms with van der Waals surface area (Å²) in [7, 11) is 3.21. The Kier molecular flexibility index (Phi) is 8.74. The summed E-state index contributed by atoms with van der Waals surface area (Å²) in [5.74, 6) is 1.45. The Balaban J connectivity index is 2.48. The normalized spacial score (nSPS) is 11.3. The lowest BCUT2D eigenvalue weighted by Gasteiger charge is -2.28. The molecule has 0 aromatic heterocycles. The van der Waals surface area contributed by atoms with Crippen LogP contribution in [0.15, 0.2) is 54.6 Å². The van der Waals surface area contributed by atoms with Crippen LogP contribution in [-0.4, -0.2) is 49.1 Å². The maximum Gasteiger partial charge on any atom is 0.420 e. The number of carbonyl (C=O) groups is 2. The summed E-state index contributed by atoms with van der Waals surface area (Å²) in [5.41, 5.74) is 1.06. The minimum absolute atomic E-state index is 0.0444. The zero-order valence-electron chi connectivity index (χ0n) is 21.3. The van der Waals surface area contributed by atoms with E-state index >= 15 is 0 Å². The predicted octanol–water partition coefficient (Wildman–Crippen LogP) is 6.31. The van der Waals surface area contributed by atoms with Gasteiger partial charge in [-0.05, 0) is 82.5 Å². The first-order chi connectivity index (χ1) is 15.8. The summed E-state index contributed by atoms with van der Waals surface area (Å²) in [6.07, 6.45) is 0.251. The summed E-state index contributed by atoms with van der Waals surface area (Å²) in [4.78, 5) is 26.7. The van der Waals surface area contributed by atoms with Crippen molar-refractivity contribution in [2.75, 3.05) is 20.8 Å². The van der Waals surface area contributed by atoms with Crippen LogP contribution in [0.4, 0.5) is 9.59 Å². The fourth-order valence-corrected chi connectivity index (χ4v) is 2.98. The molecule has 0 atom stereocenters. The van der Waals surface area contributed by atoms with Gasteiger partial charge in [-0.3, -0.25) is 0 Å². The number of ether oxygens (including phenoxy) is 4. The second-order valence-corrected chi connectivity index (χ2v) is 9.65. The van der Waals surface area contributed by atoms with Gasteiger partial charge in [-0.1, -0.05) is 30.3 Å². The molecule has 0 fully saturated rings. The minimum Gasteiger partial charge on any atom is -0.497 e. The molecule has 7 nitrogen and oxygen atoms in total. The van der Waals surface area contributed by atoms with Crippen LogP contribution in [-0.2, 0) is 9.47 Å². The van der Waals surface area contributed by atoms with Crippen LogP contribution in [0.1, 0.15) is 52.7 Å². The zero-order valence-corrected chi connectivity index (χ0v) is 21.3. The van der Waals surface area contributed by atoms with Crippen LogP contribution < -0.4 is 9.47 Å². The first-order valence-electron chi connectivity index (χ1n) is 11.1. The molecule has 34 heavy (non-hydrogen) atoms. The van der Waals surface area contributed by atoms with Crippen LogP contribution in [0.25, 0.3) is 5.57 Å². The van der Waals surface area contributed by atoms with Gasteiger partial charge in [0.1, 0.15) is 22.7 Å². The van der Waals surface area contributed by atoms with Gasteiger partial charge in [0.15, 0.2) is 0 Å². The molecule has 7 heteroatoms. The van der Waals surface area contributed by atoms with E-state index in [0.717, 1.165) is 33.1 Å². The van der Waals surface area contributed by atoms with Crippen molar-refractivity contribution in [3.8, 4) is 11.5 Å². The SMILES string of the molecule is COc1ccc(C(=CCN(C(=O)OC(C)(C)C)C(=O)OC(C)(C)C)c2ccc(OC)cc2)cc1. The van der Waals surface area contributed by atoms with Crippen molar-refractivity contribution in [2.24, 2.45) is 0 Å². The third-order valence-corrected chi connectivity index (χ3v) is 4.51. The summed E-state index contributed by atoms with van der Waals surface area (Å²) < 4.78 is 21.5. The number of rotatable bonds is 6. The molecule has 0 heterocycles. The standard InChI is InChI=1S/C27H35NO6/c1-26(2,3)33-24(29)28(25(30)34-27(4,5)6)18-17-23(19-9-13-21(31-7)14-10-19)20-11-15-22(32-8)16-12-20/h9-17H,18H2,1-8H3. The summed E-state index contributed by atoms with van der Waals surface area (Å²) >= 11 is 0. The smallest absolute Gasteiger partial charge is 0.420 e. The first kappa shape index (κ1) is 26.8. The Morgan fingerprint density at radius 3 is 1.35 bits per heavy atom.